The summed E-state index contributed by atoms with van der Waals surface area (Å²) in [6.07, 6.45) is 0.839. The van der Waals surface area contributed by atoms with Crippen LogP contribution in [0.3, 0.4) is 0 Å². The quantitative estimate of drug-likeness (QED) is 0.417. The molecule has 3 N–H and O–H groups in total. The van der Waals surface area contributed by atoms with Crippen LogP contribution < -0.4 is 10.6 Å². The number of ether oxygens (including phenoxy) is 1. The number of rotatable bonds is 7. The van der Waals surface area contributed by atoms with Gasteiger partial charge in [0.2, 0.25) is 0 Å². The summed E-state index contributed by atoms with van der Waals surface area (Å²) in [5.41, 5.74) is 4.85. The monoisotopic (exact) mass is 490 g/mol. The molecule has 8 heteroatoms. The maximum Gasteiger partial charge on any atom is 0.411 e. The first-order chi connectivity index (χ1) is 16.9. The van der Waals surface area contributed by atoms with Crippen LogP contribution in [0.4, 0.5) is 10.5 Å². The topological polar surface area (TPSA) is 105 Å². The Labute approximate surface area is 207 Å². The van der Waals surface area contributed by atoms with Gasteiger partial charge in [-0.2, -0.15) is 0 Å². The molecule has 0 aliphatic heterocycles. The van der Waals surface area contributed by atoms with Gasteiger partial charge < -0.3 is 15.2 Å². The summed E-state index contributed by atoms with van der Waals surface area (Å²) in [6, 6.07) is 19.5. The van der Waals surface area contributed by atoms with E-state index >= 15 is 0 Å². The van der Waals surface area contributed by atoms with Crippen LogP contribution >= 0.6 is 11.6 Å². The first-order valence-electron chi connectivity index (χ1n) is 11.4. The van der Waals surface area contributed by atoms with Gasteiger partial charge in [-0.25, -0.2) is 9.59 Å². The molecule has 0 bridgehead atoms. The number of halogens is 1. The number of nitrogens with one attached hydrogen (secondary N) is 2. The number of hydrogen-bond acceptors (Lipinski definition) is 4. The van der Waals surface area contributed by atoms with Gasteiger partial charge in [-0.1, -0.05) is 60.1 Å². The summed E-state index contributed by atoms with van der Waals surface area (Å²) < 4.78 is 5.55. The van der Waals surface area contributed by atoms with Crippen LogP contribution in [0.25, 0.3) is 11.1 Å². The number of aliphatic carboxylic acids is 1. The van der Waals surface area contributed by atoms with Crippen molar-refractivity contribution in [3.63, 3.8) is 0 Å². The Hall–Kier alpha value is -3.84. The van der Waals surface area contributed by atoms with Gasteiger partial charge in [0, 0.05) is 11.5 Å². The van der Waals surface area contributed by atoms with Crippen molar-refractivity contribution < 1.29 is 24.2 Å². The average molecular weight is 491 g/mol. The highest BCUT2D eigenvalue weighted by molar-refractivity contribution is 6.33. The molecule has 3 aromatic carbocycles. The molecule has 7 nitrogen and oxygen atoms in total. The van der Waals surface area contributed by atoms with E-state index in [-0.39, 0.29) is 34.7 Å². The zero-order chi connectivity index (χ0) is 24.5. The van der Waals surface area contributed by atoms with E-state index < -0.39 is 24.0 Å². The first-order valence-corrected chi connectivity index (χ1v) is 11.8. The second-order valence-corrected chi connectivity index (χ2v) is 9.18. The fourth-order valence-electron chi connectivity index (χ4n) is 4.54. The summed E-state index contributed by atoms with van der Waals surface area (Å²) in [6.45, 7) is 0.138. The molecule has 1 atom stereocenters. The van der Waals surface area contributed by atoms with Crippen LogP contribution in [-0.2, 0) is 9.53 Å². The van der Waals surface area contributed by atoms with Crippen molar-refractivity contribution in [2.45, 2.75) is 24.8 Å². The molecule has 1 unspecified atom stereocenters. The lowest BCUT2D eigenvalue weighted by Crippen LogP contribution is -2.42. The smallest absolute Gasteiger partial charge is 0.411 e. The number of carboxylic acids is 1. The Balaban J connectivity index is 1.26. The summed E-state index contributed by atoms with van der Waals surface area (Å²) in [5.74, 6) is -1.75. The highest BCUT2D eigenvalue weighted by Crippen LogP contribution is 2.44. The number of carbonyl (C=O) groups excluding carboxylic acids is 2. The molecule has 0 radical (unpaired) electrons. The zero-order valence-corrected chi connectivity index (χ0v) is 19.4. The van der Waals surface area contributed by atoms with Crippen LogP contribution in [0.5, 0.6) is 0 Å². The van der Waals surface area contributed by atoms with Crippen LogP contribution in [-0.4, -0.2) is 35.7 Å². The molecule has 178 valence electrons. The number of amides is 2. The molecular formula is C27H23ClN2O5. The van der Waals surface area contributed by atoms with Crippen LogP contribution in [0, 0.1) is 5.92 Å². The second kappa shape index (κ2) is 9.43. The number of carboxylic acid groups (broad SMARTS) is 1. The molecule has 0 spiro atoms. The molecule has 0 aromatic heterocycles. The zero-order valence-electron chi connectivity index (χ0n) is 18.7. The number of fused-ring (bicyclic) bond motifs is 3. The first kappa shape index (κ1) is 22.9. The fourth-order valence-corrected chi connectivity index (χ4v) is 4.71. The van der Waals surface area contributed by atoms with E-state index in [4.69, 9.17) is 16.3 Å². The normalized spacial score (nSPS) is 15.0. The van der Waals surface area contributed by atoms with Crippen molar-refractivity contribution in [1.29, 1.82) is 0 Å². The van der Waals surface area contributed by atoms with E-state index in [1.807, 2.05) is 36.4 Å². The minimum absolute atomic E-state index is 0.0535. The van der Waals surface area contributed by atoms with Crippen molar-refractivity contribution in [1.82, 2.24) is 5.32 Å². The summed E-state index contributed by atoms with van der Waals surface area (Å²) in [7, 11) is 0. The maximum atomic E-state index is 12.6. The molecule has 5 rings (SSSR count). The summed E-state index contributed by atoms with van der Waals surface area (Å²) >= 11 is 6.23. The highest BCUT2D eigenvalue weighted by Gasteiger charge is 2.37. The predicted molar refractivity (Wildman–Crippen MR) is 132 cm³/mol. The minimum Gasteiger partial charge on any atom is -0.480 e. The van der Waals surface area contributed by atoms with E-state index in [2.05, 4.69) is 22.8 Å². The van der Waals surface area contributed by atoms with Gasteiger partial charge in [0.25, 0.3) is 5.91 Å². The lowest BCUT2D eigenvalue weighted by Gasteiger charge is -2.16. The third-order valence-electron chi connectivity index (χ3n) is 6.46. The van der Waals surface area contributed by atoms with Crippen molar-refractivity contribution in [3.8, 4) is 11.1 Å². The van der Waals surface area contributed by atoms with Gasteiger partial charge in [-0.3, -0.25) is 10.1 Å². The third kappa shape index (κ3) is 4.72. The lowest BCUT2D eigenvalue weighted by molar-refractivity contribution is -0.139. The highest BCUT2D eigenvalue weighted by atomic mass is 35.5. The number of anilines is 1. The molecule has 35 heavy (non-hydrogen) atoms. The van der Waals surface area contributed by atoms with Crippen molar-refractivity contribution in [2.75, 3.05) is 11.9 Å². The van der Waals surface area contributed by atoms with E-state index in [1.54, 1.807) is 0 Å². The Morgan fingerprint density at radius 1 is 0.971 bits per heavy atom. The third-order valence-corrected chi connectivity index (χ3v) is 6.78. The van der Waals surface area contributed by atoms with Gasteiger partial charge in [-0.05, 0) is 59.2 Å². The number of carbonyl (C=O) groups is 3. The summed E-state index contributed by atoms with van der Waals surface area (Å²) in [5, 5.41) is 14.7. The predicted octanol–water partition coefficient (Wildman–Crippen LogP) is 5.29. The Bertz CT molecular complexity index is 1270. The maximum absolute atomic E-state index is 12.6. The van der Waals surface area contributed by atoms with Crippen LogP contribution in [0.1, 0.15) is 40.2 Å². The van der Waals surface area contributed by atoms with E-state index in [0.29, 0.717) is 0 Å². The molecule has 2 aliphatic carbocycles. The van der Waals surface area contributed by atoms with Crippen LogP contribution in [0.2, 0.25) is 5.02 Å². The molecule has 1 fully saturated rings. The number of benzene rings is 3. The lowest BCUT2D eigenvalue weighted by atomic mass is 9.98. The van der Waals surface area contributed by atoms with Gasteiger partial charge in [0.15, 0.2) is 0 Å². The second-order valence-electron chi connectivity index (χ2n) is 8.77. The average Bonchev–Trinajstić information content (AvgIpc) is 3.64. The SMILES string of the molecule is O=C(Nc1cc(C(=O)NC(C(=O)O)C2CC2)ccc1Cl)OCC1c2ccccc2-c2ccccc21. The molecular weight excluding hydrogens is 468 g/mol. The van der Waals surface area contributed by atoms with Crippen molar-refractivity contribution in [2.24, 2.45) is 5.92 Å². The van der Waals surface area contributed by atoms with E-state index in [1.165, 1.54) is 18.2 Å². The van der Waals surface area contributed by atoms with E-state index in [0.717, 1.165) is 35.1 Å². The van der Waals surface area contributed by atoms with Gasteiger partial charge in [-0.15, -0.1) is 0 Å². The Kier molecular flexibility index (Phi) is 6.17. The Morgan fingerprint density at radius 3 is 2.20 bits per heavy atom. The van der Waals surface area contributed by atoms with Gasteiger partial charge >= 0.3 is 12.1 Å². The fraction of sp³-hybridized carbons (Fsp3) is 0.222. The minimum atomic E-state index is -1.06. The molecule has 3 aromatic rings. The van der Waals surface area contributed by atoms with Crippen molar-refractivity contribution in [3.05, 3.63) is 88.4 Å². The number of hydrogen-bond donors (Lipinski definition) is 3. The molecule has 1 saturated carbocycles. The Morgan fingerprint density at radius 2 is 1.60 bits per heavy atom. The van der Waals surface area contributed by atoms with Crippen LogP contribution in [0.15, 0.2) is 66.7 Å². The van der Waals surface area contributed by atoms with E-state index in [9.17, 15) is 19.5 Å². The molecule has 0 saturated heterocycles. The standard InChI is InChI=1S/C27H23ClN2O5/c28-22-12-11-16(25(31)30-24(26(32)33)15-9-10-15)13-23(22)29-27(34)35-14-21-19-7-3-1-5-17(19)18-6-2-4-8-20(18)21/h1-8,11-13,15,21,24H,9-10,14H2,(H,29,34)(H,30,31)(H,32,33). The van der Waals surface area contributed by atoms with Crippen molar-refractivity contribution >= 4 is 35.3 Å². The molecule has 2 amide bonds. The van der Waals surface area contributed by atoms with Gasteiger partial charge in [0.1, 0.15) is 12.6 Å². The summed E-state index contributed by atoms with van der Waals surface area (Å²) in [4.78, 5) is 36.7. The molecule has 2 aliphatic rings. The largest absolute Gasteiger partial charge is 0.480 e. The molecule has 0 heterocycles. The van der Waals surface area contributed by atoms with Gasteiger partial charge in [0.05, 0.1) is 10.7 Å².